The summed E-state index contributed by atoms with van der Waals surface area (Å²) in [7, 11) is 0. The van der Waals surface area contributed by atoms with E-state index in [0.717, 1.165) is 5.56 Å². The van der Waals surface area contributed by atoms with Crippen molar-refractivity contribution in [2.75, 3.05) is 6.54 Å². The fourth-order valence-electron chi connectivity index (χ4n) is 1.08. The van der Waals surface area contributed by atoms with Crippen LogP contribution in [0.2, 0.25) is 10.0 Å². The molecule has 0 fully saturated rings. The third-order valence-electron chi connectivity index (χ3n) is 1.79. The first-order valence-corrected chi connectivity index (χ1v) is 5.20. The summed E-state index contributed by atoms with van der Waals surface area (Å²) in [5.41, 5.74) is 0.839. The molecule has 0 aliphatic carbocycles. The fraction of sp³-hybridized carbons (Fsp3) is 0.182. The van der Waals surface area contributed by atoms with Gasteiger partial charge in [0, 0.05) is 6.54 Å². The zero-order valence-corrected chi connectivity index (χ0v) is 9.61. The predicted octanol–water partition coefficient (Wildman–Crippen LogP) is 2.84. The molecule has 0 spiro atoms. The molecule has 80 valence electrons. The molecule has 0 aliphatic rings. The summed E-state index contributed by atoms with van der Waals surface area (Å²) in [5.74, 6) is -0.0618. The van der Waals surface area contributed by atoms with Crippen molar-refractivity contribution >= 4 is 29.1 Å². The van der Waals surface area contributed by atoms with Gasteiger partial charge in [0.05, 0.1) is 16.5 Å². The van der Waals surface area contributed by atoms with Crippen LogP contribution in [-0.4, -0.2) is 12.5 Å². The monoisotopic (exact) mass is 243 g/mol. The van der Waals surface area contributed by atoms with Gasteiger partial charge in [0.1, 0.15) is 0 Å². The van der Waals surface area contributed by atoms with E-state index in [0.29, 0.717) is 23.0 Å². The van der Waals surface area contributed by atoms with Gasteiger partial charge in [-0.1, -0.05) is 35.3 Å². The van der Waals surface area contributed by atoms with Crippen LogP contribution in [0.1, 0.15) is 5.56 Å². The molecule has 0 atom stereocenters. The Morgan fingerprint density at radius 1 is 1.40 bits per heavy atom. The Kier molecular flexibility index (Phi) is 4.66. The standard InChI is InChI=1S/C11H11Cl2NO/c1-2-5-14-11(15)7-8-3-4-9(12)10(13)6-8/h2-4,6H,1,5,7H2,(H,14,15). The minimum absolute atomic E-state index is 0.0618. The molecule has 1 amide bonds. The van der Waals surface area contributed by atoms with Gasteiger partial charge in [0.15, 0.2) is 0 Å². The molecule has 0 aromatic heterocycles. The van der Waals surface area contributed by atoms with Gasteiger partial charge in [-0.3, -0.25) is 4.79 Å². The Balaban J connectivity index is 2.60. The first-order valence-electron chi connectivity index (χ1n) is 4.45. The summed E-state index contributed by atoms with van der Waals surface area (Å²) in [6, 6.07) is 5.15. The van der Waals surface area contributed by atoms with Gasteiger partial charge in [-0.15, -0.1) is 6.58 Å². The van der Waals surface area contributed by atoms with E-state index in [2.05, 4.69) is 11.9 Å². The van der Waals surface area contributed by atoms with Crippen molar-refractivity contribution in [2.24, 2.45) is 0 Å². The normalized spacial score (nSPS) is 9.73. The van der Waals surface area contributed by atoms with Gasteiger partial charge in [0.25, 0.3) is 0 Å². The van der Waals surface area contributed by atoms with E-state index < -0.39 is 0 Å². The lowest BCUT2D eigenvalue weighted by Gasteiger charge is -2.03. The molecule has 1 aromatic carbocycles. The molecule has 1 N–H and O–H groups in total. The summed E-state index contributed by atoms with van der Waals surface area (Å²) in [4.78, 5) is 11.3. The van der Waals surface area contributed by atoms with E-state index in [-0.39, 0.29) is 5.91 Å². The van der Waals surface area contributed by atoms with Crippen molar-refractivity contribution in [3.8, 4) is 0 Å². The van der Waals surface area contributed by atoms with Crippen molar-refractivity contribution in [3.63, 3.8) is 0 Å². The maximum Gasteiger partial charge on any atom is 0.224 e. The Hall–Kier alpha value is -0.990. The van der Waals surface area contributed by atoms with Gasteiger partial charge in [-0.05, 0) is 17.7 Å². The van der Waals surface area contributed by atoms with Crippen molar-refractivity contribution in [1.29, 1.82) is 0 Å². The van der Waals surface area contributed by atoms with Crippen LogP contribution >= 0.6 is 23.2 Å². The number of amides is 1. The molecular weight excluding hydrogens is 233 g/mol. The van der Waals surface area contributed by atoms with Gasteiger partial charge in [-0.25, -0.2) is 0 Å². The van der Waals surface area contributed by atoms with Crippen molar-refractivity contribution in [3.05, 3.63) is 46.5 Å². The second-order valence-electron chi connectivity index (χ2n) is 3.02. The quantitative estimate of drug-likeness (QED) is 0.810. The average Bonchev–Trinajstić information content (AvgIpc) is 2.20. The first kappa shape index (κ1) is 12.1. The molecule has 0 aliphatic heterocycles. The highest BCUT2D eigenvalue weighted by molar-refractivity contribution is 6.42. The molecule has 0 radical (unpaired) electrons. The minimum atomic E-state index is -0.0618. The number of halogens is 2. The number of rotatable bonds is 4. The molecule has 1 aromatic rings. The molecule has 15 heavy (non-hydrogen) atoms. The lowest BCUT2D eigenvalue weighted by molar-refractivity contribution is -0.120. The zero-order valence-electron chi connectivity index (χ0n) is 8.09. The Morgan fingerprint density at radius 2 is 2.13 bits per heavy atom. The highest BCUT2D eigenvalue weighted by Crippen LogP contribution is 2.22. The summed E-state index contributed by atoms with van der Waals surface area (Å²) in [6.07, 6.45) is 1.93. The Morgan fingerprint density at radius 3 is 2.73 bits per heavy atom. The predicted molar refractivity (Wildman–Crippen MR) is 63.4 cm³/mol. The van der Waals surface area contributed by atoms with Crippen LogP contribution in [-0.2, 0) is 11.2 Å². The Bertz CT molecular complexity index is 377. The molecule has 0 saturated carbocycles. The maximum absolute atomic E-state index is 11.3. The SMILES string of the molecule is C=CCNC(=O)Cc1ccc(Cl)c(Cl)c1. The lowest BCUT2D eigenvalue weighted by atomic mass is 10.1. The second-order valence-corrected chi connectivity index (χ2v) is 3.83. The topological polar surface area (TPSA) is 29.1 Å². The number of nitrogens with one attached hydrogen (secondary N) is 1. The molecule has 1 rings (SSSR count). The third-order valence-corrected chi connectivity index (χ3v) is 2.53. The number of hydrogen-bond donors (Lipinski definition) is 1. The highest BCUT2D eigenvalue weighted by atomic mass is 35.5. The zero-order chi connectivity index (χ0) is 11.3. The molecular formula is C11H11Cl2NO. The van der Waals surface area contributed by atoms with E-state index in [1.54, 1.807) is 24.3 Å². The van der Waals surface area contributed by atoms with Gasteiger partial charge >= 0.3 is 0 Å². The number of carbonyl (C=O) groups excluding carboxylic acids is 1. The lowest BCUT2D eigenvalue weighted by Crippen LogP contribution is -2.24. The number of carbonyl (C=O) groups is 1. The largest absolute Gasteiger partial charge is 0.352 e. The maximum atomic E-state index is 11.3. The van der Waals surface area contributed by atoms with Gasteiger partial charge < -0.3 is 5.32 Å². The van der Waals surface area contributed by atoms with E-state index in [4.69, 9.17) is 23.2 Å². The molecule has 2 nitrogen and oxygen atoms in total. The van der Waals surface area contributed by atoms with E-state index >= 15 is 0 Å². The summed E-state index contributed by atoms with van der Waals surface area (Å²) in [5, 5.41) is 3.64. The van der Waals surface area contributed by atoms with Crippen LogP contribution in [0.5, 0.6) is 0 Å². The second kappa shape index (κ2) is 5.79. The van der Waals surface area contributed by atoms with Crippen molar-refractivity contribution < 1.29 is 4.79 Å². The average molecular weight is 244 g/mol. The minimum Gasteiger partial charge on any atom is -0.352 e. The Labute approximate surface area is 98.9 Å². The van der Waals surface area contributed by atoms with Crippen LogP contribution < -0.4 is 5.32 Å². The first-order chi connectivity index (χ1) is 7.13. The van der Waals surface area contributed by atoms with Crippen molar-refractivity contribution in [2.45, 2.75) is 6.42 Å². The number of benzene rings is 1. The van der Waals surface area contributed by atoms with Crippen LogP contribution in [0.15, 0.2) is 30.9 Å². The number of hydrogen-bond acceptors (Lipinski definition) is 1. The van der Waals surface area contributed by atoms with Crippen LogP contribution in [0.4, 0.5) is 0 Å². The van der Waals surface area contributed by atoms with Crippen LogP contribution in [0.25, 0.3) is 0 Å². The molecule has 0 heterocycles. The van der Waals surface area contributed by atoms with E-state index in [1.807, 2.05) is 0 Å². The van der Waals surface area contributed by atoms with Crippen LogP contribution in [0.3, 0.4) is 0 Å². The summed E-state index contributed by atoms with van der Waals surface area (Å²) >= 11 is 11.6. The summed E-state index contributed by atoms with van der Waals surface area (Å²) in [6.45, 7) is 3.98. The van der Waals surface area contributed by atoms with Crippen LogP contribution in [0, 0.1) is 0 Å². The third kappa shape index (κ3) is 3.94. The molecule has 0 saturated heterocycles. The molecule has 0 unspecified atom stereocenters. The molecule has 4 heteroatoms. The van der Waals surface area contributed by atoms with E-state index in [1.165, 1.54) is 0 Å². The molecule has 0 bridgehead atoms. The highest BCUT2D eigenvalue weighted by Gasteiger charge is 2.04. The fourth-order valence-corrected chi connectivity index (χ4v) is 1.40. The van der Waals surface area contributed by atoms with Gasteiger partial charge in [0.2, 0.25) is 5.91 Å². The summed E-state index contributed by atoms with van der Waals surface area (Å²) < 4.78 is 0. The van der Waals surface area contributed by atoms with E-state index in [9.17, 15) is 4.79 Å². The smallest absolute Gasteiger partial charge is 0.224 e. The van der Waals surface area contributed by atoms with Crippen molar-refractivity contribution in [1.82, 2.24) is 5.32 Å². The van der Waals surface area contributed by atoms with Gasteiger partial charge in [-0.2, -0.15) is 0 Å².